The number of halogens is 1. The van der Waals surface area contributed by atoms with Gasteiger partial charge in [-0.2, -0.15) is 0 Å². The quantitative estimate of drug-likeness (QED) is 0.172. The minimum absolute atomic E-state index is 0.0807. The van der Waals surface area contributed by atoms with Gasteiger partial charge in [-0.05, 0) is 87.3 Å². The van der Waals surface area contributed by atoms with Crippen LogP contribution in [0, 0.1) is 0 Å². The first-order valence-electron chi connectivity index (χ1n) is 21.4. The zero-order valence-electron chi connectivity index (χ0n) is 39.1. The standard InChI is InChI=1S/C20H13Br.C20H14/c21-20-17-12-6-4-10-15(17)19(14-8-2-1-3-9-14)16-11-5-7-13-18(16)20;1-2-8-15(9-3-1)20-18-12-6-4-10-16(18)14-17-11-5-7-13-19(17)20/h1-13H;1-14H/i2*1D,2D,3D,4D,6D,8D,9D,10D,12D. The number of hydrogen-bond acceptors (Lipinski definition) is 0. The summed E-state index contributed by atoms with van der Waals surface area (Å²) in [6, 6.07) is 7.98. The zero-order valence-corrected chi connectivity index (χ0v) is 22.7. The van der Waals surface area contributed by atoms with Gasteiger partial charge in [0.15, 0.2) is 0 Å². The molecule has 8 aromatic carbocycles. The van der Waals surface area contributed by atoms with Crippen molar-refractivity contribution in [3.05, 3.63) is 168 Å². The fraction of sp³-hybridized carbons (Fsp3) is 0. The van der Waals surface area contributed by atoms with Crippen LogP contribution in [0.2, 0.25) is 0 Å². The Balaban J connectivity index is 0.000000179. The largest absolute Gasteiger partial charge is 0.0630 e. The third-order valence-electron chi connectivity index (χ3n) is 6.59. The normalized spacial score (nSPS) is 17.2. The molecule has 0 bridgehead atoms. The zero-order chi connectivity index (χ0) is 43.3. The first-order chi connectivity index (χ1) is 27.8. The van der Waals surface area contributed by atoms with Gasteiger partial charge in [0, 0.05) is 4.47 Å². The molecule has 0 nitrogen and oxygen atoms in total. The summed E-state index contributed by atoms with van der Waals surface area (Å²) in [5.74, 6) is 0. The molecule has 0 unspecified atom stereocenters. The van der Waals surface area contributed by atoms with Crippen molar-refractivity contribution in [2.45, 2.75) is 0 Å². The Morgan fingerprint density at radius 1 is 0.390 bits per heavy atom. The average molecular weight is 606 g/mol. The molecule has 0 N–H and O–H groups in total. The van der Waals surface area contributed by atoms with Crippen molar-refractivity contribution < 1.29 is 24.7 Å². The third-order valence-corrected chi connectivity index (χ3v) is 7.41. The summed E-state index contributed by atoms with van der Waals surface area (Å²) in [6.45, 7) is 0. The molecule has 0 radical (unpaired) electrons. The molecule has 1 heteroatoms. The predicted molar refractivity (Wildman–Crippen MR) is 181 cm³/mol. The van der Waals surface area contributed by atoms with E-state index in [4.69, 9.17) is 24.7 Å². The van der Waals surface area contributed by atoms with Crippen molar-refractivity contribution in [3.63, 3.8) is 0 Å². The van der Waals surface area contributed by atoms with E-state index in [1.54, 1.807) is 54.6 Å². The van der Waals surface area contributed by atoms with Gasteiger partial charge in [0.1, 0.15) is 0 Å². The summed E-state index contributed by atoms with van der Waals surface area (Å²) in [5.41, 5.74) is 0.220. The Morgan fingerprint density at radius 3 is 1.56 bits per heavy atom. The van der Waals surface area contributed by atoms with E-state index >= 15 is 0 Å². The monoisotopic (exact) mass is 604 g/mol. The first-order valence-corrected chi connectivity index (χ1v) is 13.2. The topological polar surface area (TPSA) is 0 Å². The van der Waals surface area contributed by atoms with Crippen LogP contribution in [0.15, 0.2) is 168 Å². The van der Waals surface area contributed by atoms with Gasteiger partial charge in [0.05, 0.1) is 24.7 Å². The van der Waals surface area contributed by atoms with Crippen LogP contribution in [-0.2, 0) is 0 Å². The van der Waals surface area contributed by atoms with E-state index in [0.29, 0.717) is 26.0 Å². The molecule has 0 amide bonds. The van der Waals surface area contributed by atoms with Gasteiger partial charge in [0.25, 0.3) is 0 Å². The van der Waals surface area contributed by atoms with Gasteiger partial charge < -0.3 is 0 Å². The highest BCUT2D eigenvalue weighted by atomic mass is 79.9. The highest BCUT2D eigenvalue weighted by Gasteiger charge is 2.13. The summed E-state index contributed by atoms with van der Waals surface area (Å²) in [7, 11) is 0. The van der Waals surface area contributed by atoms with E-state index in [-0.39, 0.29) is 74.0 Å². The molecule has 0 atom stereocenters. The van der Waals surface area contributed by atoms with Crippen LogP contribution < -0.4 is 0 Å². The minimum Gasteiger partial charge on any atom is -0.0622 e. The van der Waals surface area contributed by atoms with Crippen molar-refractivity contribution in [2.24, 2.45) is 0 Å². The second-order valence-corrected chi connectivity index (χ2v) is 9.67. The van der Waals surface area contributed by atoms with Crippen LogP contribution in [0.5, 0.6) is 0 Å². The van der Waals surface area contributed by atoms with Crippen LogP contribution >= 0.6 is 15.9 Å². The maximum absolute atomic E-state index is 8.51. The lowest BCUT2D eigenvalue weighted by Gasteiger charge is -2.14. The molecule has 0 aromatic heterocycles. The van der Waals surface area contributed by atoms with Crippen LogP contribution in [0.4, 0.5) is 0 Å². The number of fused-ring (bicyclic) bond motifs is 4. The van der Waals surface area contributed by atoms with Crippen LogP contribution in [0.3, 0.4) is 0 Å². The Labute approximate surface area is 273 Å². The summed E-state index contributed by atoms with van der Waals surface area (Å²) < 4.78 is 148. The Hall–Kier alpha value is -4.72. The van der Waals surface area contributed by atoms with Crippen molar-refractivity contribution in [1.82, 2.24) is 0 Å². The Morgan fingerprint density at radius 2 is 0.878 bits per heavy atom. The lowest BCUT2D eigenvalue weighted by molar-refractivity contribution is 1.66. The van der Waals surface area contributed by atoms with E-state index in [2.05, 4.69) is 15.9 Å². The fourth-order valence-electron chi connectivity index (χ4n) is 4.86. The lowest BCUT2D eigenvalue weighted by atomic mass is 9.92. The van der Waals surface area contributed by atoms with Crippen molar-refractivity contribution in [3.8, 4) is 22.3 Å². The molecule has 0 aliphatic heterocycles. The summed E-state index contributed by atoms with van der Waals surface area (Å²) in [5, 5.41) is 2.98. The lowest BCUT2D eigenvalue weighted by Crippen LogP contribution is -1.86. The molecular weight excluding hydrogens is 560 g/mol. The molecule has 194 valence electrons. The molecular formula is C40H27Br. The molecule has 0 spiro atoms. The highest BCUT2D eigenvalue weighted by Crippen LogP contribution is 2.41. The number of rotatable bonds is 2. The molecule has 41 heavy (non-hydrogen) atoms. The molecule has 0 aliphatic carbocycles. The molecule has 0 saturated carbocycles. The van der Waals surface area contributed by atoms with Crippen LogP contribution in [-0.4, -0.2) is 0 Å². The maximum atomic E-state index is 8.51. The van der Waals surface area contributed by atoms with Crippen molar-refractivity contribution in [2.75, 3.05) is 0 Å². The van der Waals surface area contributed by atoms with E-state index < -0.39 is 78.6 Å². The van der Waals surface area contributed by atoms with Gasteiger partial charge in [-0.25, -0.2) is 0 Å². The number of benzene rings is 8. The van der Waals surface area contributed by atoms with Gasteiger partial charge >= 0.3 is 0 Å². The molecule has 0 aliphatic rings. The molecule has 0 heterocycles. The first kappa shape index (κ1) is 12.4. The fourth-order valence-corrected chi connectivity index (χ4v) is 5.51. The van der Waals surface area contributed by atoms with Crippen LogP contribution in [0.1, 0.15) is 24.7 Å². The van der Waals surface area contributed by atoms with Crippen LogP contribution in [0.25, 0.3) is 65.3 Å². The van der Waals surface area contributed by atoms with Crippen molar-refractivity contribution in [1.29, 1.82) is 0 Å². The highest BCUT2D eigenvalue weighted by molar-refractivity contribution is 9.10. The summed E-state index contributed by atoms with van der Waals surface area (Å²) in [6.07, 6.45) is 0. The average Bonchev–Trinajstić information content (AvgIpc) is 3.23. The number of hydrogen-bond donors (Lipinski definition) is 0. The Bertz CT molecular complexity index is 3100. The van der Waals surface area contributed by atoms with Gasteiger partial charge in [-0.3, -0.25) is 0 Å². The van der Waals surface area contributed by atoms with Gasteiger partial charge in [0.2, 0.25) is 0 Å². The van der Waals surface area contributed by atoms with E-state index in [1.165, 1.54) is 0 Å². The van der Waals surface area contributed by atoms with Gasteiger partial charge in [-0.15, -0.1) is 0 Å². The second-order valence-electron chi connectivity index (χ2n) is 8.88. The molecule has 8 rings (SSSR count). The molecule has 0 fully saturated rings. The molecule has 0 saturated heterocycles. The molecule has 8 aromatic rings. The minimum atomic E-state index is -0.527. The van der Waals surface area contributed by atoms with Gasteiger partial charge in [-0.1, -0.05) is 157 Å². The van der Waals surface area contributed by atoms with E-state index in [1.807, 2.05) is 0 Å². The second kappa shape index (κ2) is 11.0. The van der Waals surface area contributed by atoms with E-state index in [0.717, 1.165) is 0 Å². The smallest absolute Gasteiger partial charge is 0.0622 e. The Kier molecular flexibility index (Phi) is 3.35. The summed E-state index contributed by atoms with van der Waals surface area (Å²) >= 11 is 3.46. The predicted octanol–water partition coefficient (Wildman–Crippen LogP) is 12.1. The summed E-state index contributed by atoms with van der Waals surface area (Å²) in [4.78, 5) is 0. The van der Waals surface area contributed by atoms with E-state index in [9.17, 15) is 0 Å². The SMILES string of the molecule is [2H]c1c([2H])c([2H])c(-c2c3ccccc3c(Br)c3c([2H])c([2H])c([2H])c([2H])c23)c([2H])c1[2H].[2H]c1c([2H])c([2H])c(-c2c3ccccc3cc3c([2H])c([2H])c([2H])c([2H])c23)c([2H])c1[2H]. The maximum Gasteiger partial charge on any atom is 0.0630 e. The van der Waals surface area contributed by atoms with Crippen molar-refractivity contribution >= 4 is 59.0 Å². The third kappa shape index (κ3) is 4.69.